The Morgan fingerprint density at radius 1 is 1.29 bits per heavy atom. The van der Waals surface area contributed by atoms with Crippen molar-refractivity contribution in [1.29, 1.82) is 5.26 Å². The van der Waals surface area contributed by atoms with Crippen molar-refractivity contribution in [1.82, 2.24) is 10.2 Å². The zero-order valence-electron chi connectivity index (χ0n) is 12.3. The summed E-state index contributed by atoms with van der Waals surface area (Å²) in [4.78, 5) is 2.43. The van der Waals surface area contributed by atoms with E-state index in [1.54, 1.807) is 6.07 Å². The van der Waals surface area contributed by atoms with E-state index in [9.17, 15) is 8.78 Å². The summed E-state index contributed by atoms with van der Waals surface area (Å²) < 4.78 is 27.4. The molecule has 1 aromatic carbocycles. The quantitative estimate of drug-likeness (QED) is 0.876. The Labute approximate surface area is 124 Å². The van der Waals surface area contributed by atoms with Crippen LogP contribution in [0.1, 0.15) is 30.9 Å². The van der Waals surface area contributed by atoms with E-state index in [0.717, 1.165) is 38.3 Å². The predicted octanol–water partition coefficient (Wildman–Crippen LogP) is 2.66. The Kier molecular flexibility index (Phi) is 5.66. The van der Waals surface area contributed by atoms with Crippen LogP contribution in [0.2, 0.25) is 0 Å². The van der Waals surface area contributed by atoms with Crippen LogP contribution in [0.4, 0.5) is 8.78 Å². The summed E-state index contributed by atoms with van der Waals surface area (Å²) in [5.74, 6) is -0.884. The van der Waals surface area contributed by atoms with E-state index in [4.69, 9.17) is 5.26 Å². The summed E-state index contributed by atoms with van der Waals surface area (Å²) in [5, 5.41) is 11.8. The third-order valence-corrected chi connectivity index (χ3v) is 3.83. The lowest BCUT2D eigenvalue weighted by Crippen LogP contribution is -2.31. The van der Waals surface area contributed by atoms with E-state index in [-0.39, 0.29) is 17.7 Å². The largest absolute Gasteiger partial charge is 0.312 e. The van der Waals surface area contributed by atoms with Crippen LogP contribution < -0.4 is 5.32 Å². The van der Waals surface area contributed by atoms with E-state index in [1.807, 2.05) is 0 Å². The molecule has 5 heteroatoms. The van der Waals surface area contributed by atoms with Gasteiger partial charge in [0.1, 0.15) is 11.6 Å². The molecule has 0 radical (unpaired) electrons. The van der Waals surface area contributed by atoms with Gasteiger partial charge in [0.2, 0.25) is 0 Å². The fourth-order valence-corrected chi connectivity index (χ4v) is 2.75. The minimum absolute atomic E-state index is 0.00220. The Balaban J connectivity index is 1.81. The minimum atomic E-state index is -0.661. The number of hydrogen-bond donors (Lipinski definition) is 1. The predicted molar refractivity (Wildman–Crippen MR) is 77.6 cm³/mol. The Morgan fingerprint density at radius 3 is 2.48 bits per heavy atom. The molecule has 2 rings (SSSR count). The van der Waals surface area contributed by atoms with Gasteiger partial charge in [-0.1, -0.05) is 6.92 Å². The molecule has 1 saturated heterocycles. The van der Waals surface area contributed by atoms with Gasteiger partial charge in [-0.05, 0) is 50.5 Å². The number of nitrogens with zero attached hydrogens (tertiary/aromatic N) is 2. The molecule has 1 fully saturated rings. The zero-order valence-corrected chi connectivity index (χ0v) is 12.3. The first-order chi connectivity index (χ1) is 10.1. The summed E-state index contributed by atoms with van der Waals surface area (Å²) in [6, 6.07) is 3.90. The summed E-state index contributed by atoms with van der Waals surface area (Å²) in [7, 11) is 0. The Morgan fingerprint density at radius 2 is 1.90 bits per heavy atom. The van der Waals surface area contributed by atoms with Crippen LogP contribution >= 0.6 is 0 Å². The number of benzene rings is 1. The summed E-state index contributed by atoms with van der Waals surface area (Å²) in [6.07, 6.45) is 2.53. The average Bonchev–Trinajstić information content (AvgIpc) is 2.94. The molecule has 1 unspecified atom stereocenters. The van der Waals surface area contributed by atoms with Gasteiger partial charge in [0.15, 0.2) is 0 Å². The summed E-state index contributed by atoms with van der Waals surface area (Å²) in [5.41, 5.74) is 0.0125. The fourth-order valence-electron chi connectivity index (χ4n) is 2.75. The van der Waals surface area contributed by atoms with Crippen LogP contribution in [0.25, 0.3) is 0 Å². The summed E-state index contributed by atoms with van der Waals surface area (Å²) in [6.45, 7) is 6.33. The van der Waals surface area contributed by atoms with Crippen molar-refractivity contribution >= 4 is 0 Å². The molecule has 0 aromatic heterocycles. The third kappa shape index (κ3) is 4.48. The average molecular weight is 293 g/mol. The second-order valence-electron chi connectivity index (χ2n) is 5.77. The maximum atomic E-state index is 13.7. The normalized spacial score (nSPS) is 16.9. The highest BCUT2D eigenvalue weighted by Crippen LogP contribution is 2.15. The van der Waals surface area contributed by atoms with Crippen molar-refractivity contribution in [3.8, 4) is 6.07 Å². The van der Waals surface area contributed by atoms with Gasteiger partial charge in [-0.2, -0.15) is 5.26 Å². The van der Waals surface area contributed by atoms with E-state index < -0.39 is 11.6 Å². The van der Waals surface area contributed by atoms with E-state index >= 15 is 0 Å². The monoisotopic (exact) mass is 293 g/mol. The van der Waals surface area contributed by atoms with Crippen molar-refractivity contribution in [2.45, 2.75) is 26.3 Å². The lowest BCUT2D eigenvalue weighted by molar-refractivity contribution is 0.282. The number of nitriles is 1. The number of nitrogens with one attached hydrogen (secondary N) is 1. The van der Waals surface area contributed by atoms with Gasteiger partial charge in [0.25, 0.3) is 0 Å². The molecule has 0 saturated carbocycles. The van der Waals surface area contributed by atoms with Crippen molar-refractivity contribution in [3.05, 3.63) is 34.9 Å². The van der Waals surface area contributed by atoms with Crippen molar-refractivity contribution in [2.75, 3.05) is 26.2 Å². The molecule has 1 aliphatic heterocycles. The smallest absolute Gasteiger partial charge is 0.131 e. The maximum absolute atomic E-state index is 13.7. The van der Waals surface area contributed by atoms with E-state index in [0.29, 0.717) is 5.92 Å². The van der Waals surface area contributed by atoms with Gasteiger partial charge in [0, 0.05) is 18.7 Å². The number of likely N-dealkylation sites (tertiary alicyclic amines) is 1. The Bertz CT molecular complexity index is 496. The van der Waals surface area contributed by atoms with Crippen LogP contribution in [0.15, 0.2) is 12.1 Å². The zero-order chi connectivity index (χ0) is 15.2. The molecule has 1 heterocycles. The third-order valence-electron chi connectivity index (χ3n) is 3.83. The van der Waals surface area contributed by atoms with Crippen LogP contribution in [0.5, 0.6) is 0 Å². The van der Waals surface area contributed by atoms with Crippen LogP contribution in [0, 0.1) is 28.9 Å². The molecule has 21 heavy (non-hydrogen) atoms. The van der Waals surface area contributed by atoms with Crippen LogP contribution in [-0.4, -0.2) is 31.1 Å². The first-order valence-electron chi connectivity index (χ1n) is 7.41. The van der Waals surface area contributed by atoms with Gasteiger partial charge in [-0.3, -0.25) is 0 Å². The molecule has 1 N–H and O–H groups in total. The molecular formula is C16H21F2N3. The number of hydrogen-bond acceptors (Lipinski definition) is 3. The van der Waals surface area contributed by atoms with Gasteiger partial charge >= 0.3 is 0 Å². The first kappa shape index (κ1) is 15.9. The van der Waals surface area contributed by atoms with Crippen LogP contribution in [-0.2, 0) is 6.54 Å². The van der Waals surface area contributed by atoms with E-state index in [2.05, 4.69) is 17.1 Å². The molecule has 0 aliphatic carbocycles. The van der Waals surface area contributed by atoms with Crippen LogP contribution in [0.3, 0.4) is 0 Å². The highest BCUT2D eigenvalue weighted by molar-refractivity contribution is 5.34. The number of halogens is 2. The highest BCUT2D eigenvalue weighted by atomic mass is 19.1. The second kappa shape index (κ2) is 7.48. The topological polar surface area (TPSA) is 39.1 Å². The fraction of sp³-hybridized carbons (Fsp3) is 0.562. The Hall–Kier alpha value is -1.51. The molecular weight excluding hydrogens is 272 g/mol. The molecule has 1 atom stereocenters. The van der Waals surface area contributed by atoms with Crippen molar-refractivity contribution < 1.29 is 8.78 Å². The molecule has 0 bridgehead atoms. The van der Waals surface area contributed by atoms with Gasteiger partial charge in [-0.25, -0.2) is 8.78 Å². The first-order valence-corrected chi connectivity index (χ1v) is 7.41. The van der Waals surface area contributed by atoms with Crippen molar-refractivity contribution in [2.24, 2.45) is 5.92 Å². The van der Waals surface area contributed by atoms with E-state index in [1.165, 1.54) is 12.8 Å². The van der Waals surface area contributed by atoms with Gasteiger partial charge in [-0.15, -0.1) is 0 Å². The van der Waals surface area contributed by atoms with Crippen molar-refractivity contribution in [3.63, 3.8) is 0 Å². The van der Waals surface area contributed by atoms with Gasteiger partial charge in [0.05, 0.1) is 11.6 Å². The maximum Gasteiger partial charge on any atom is 0.131 e. The lowest BCUT2D eigenvalue weighted by Gasteiger charge is -2.20. The molecule has 1 aliphatic rings. The molecule has 0 spiro atoms. The molecule has 3 nitrogen and oxygen atoms in total. The second-order valence-corrected chi connectivity index (χ2v) is 5.77. The molecule has 114 valence electrons. The standard InChI is InChI=1S/C16H21F2N3/c1-12(11-21-4-2-3-5-21)9-20-10-14-15(17)6-13(8-19)7-16(14)18/h6-7,12,20H,2-5,9-11H2,1H3. The SMILES string of the molecule is CC(CNCc1c(F)cc(C#N)cc1F)CN1CCCC1. The van der Waals surface area contributed by atoms with Gasteiger partial charge < -0.3 is 10.2 Å². The minimum Gasteiger partial charge on any atom is -0.312 e. The molecule has 1 aromatic rings. The number of rotatable bonds is 6. The lowest BCUT2D eigenvalue weighted by atomic mass is 10.1. The molecule has 0 amide bonds. The highest BCUT2D eigenvalue weighted by Gasteiger charge is 2.15. The summed E-state index contributed by atoms with van der Waals surface area (Å²) >= 11 is 0.